The molecule has 31 heavy (non-hydrogen) atoms. The molecule has 0 radical (unpaired) electrons. The highest BCUT2D eigenvalue weighted by Crippen LogP contribution is 2.24. The summed E-state index contributed by atoms with van der Waals surface area (Å²) in [5.41, 5.74) is 0. The summed E-state index contributed by atoms with van der Waals surface area (Å²) in [6, 6.07) is 0. The zero-order valence-electron chi connectivity index (χ0n) is 19.8. The van der Waals surface area contributed by atoms with Crippen LogP contribution in [0.5, 0.6) is 0 Å². The molecule has 0 aromatic carbocycles. The lowest BCUT2D eigenvalue weighted by Crippen LogP contribution is -2.59. The van der Waals surface area contributed by atoms with Gasteiger partial charge in [-0.1, -0.05) is 52.7 Å². The largest absolute Gasteiger partial charge is 0.550 e. The van der Waals surface area contributed by atoms with E-state index in [4.69, 9.17) is 0 Å². The Morgan fingerprint density at radius 1 is 0.774 bits per heavy atom. The van der Waals surface area contributed by atoms with Crippen LogP contribution < -0.4 is 5.11 Å². The molecule has 3 atom stereocenters. The predicted molar refractivity (Wildman–Crippen MR) is 119 cm³/mol. The van der Waals surface area contributed by atoms with Gasteiger partial charge in [-0.25, -0.2) is 0 Å². The zero-order valence-corrected chi connectivity index (χ0v) is 19.8. The smallest absolute Gasteiger partial charge is 0.312 e. The van der Waals surface area contributed by atoms with Crippen LogP contribution >= 0.6 is 0 Å². The summed E-state index contributed by atoms with van der Waals surface area (Å²) < 4.78 is 0.185. The fourth-order valence-corrected chi connectivity index (χ4v) is 4.14. The molecule has 0 aliphatic rings. The molecule has 2 N–H and O–H groups in total. The number of nitrogens with zero attached hydrogens (tertiary/aromatic N) is 1. The second-order valence-corrected chi connectivity index (χ2v) is 8.68. The summed E-state index contributed by atoms with van der Waals surface area (Å²) in [5, 5.41) is 31.0. The summed E-state index contributed by atoms with van der Waals surface area (Å²) >= 11 is 0. The van der Waals surface area contributed by atoms with Crippen molar-refractivity contribution in [2.75, 3.05) is 26.2 Å². The van der Waals surface area contributed by atoms with Crippen LogP contribution in [0.25, 0.3) is 0 Å². The van der Waals surface area contributed by atoms with Crippen molar-refractivity contribution in [2.45, 2.75) is 79.1 Å². The van der Waals surface area contributed by atoms with E-state index in [9.17, 15) is 29.7 Å². The second-order valence-electron chi connectivity index (χ2n) is 8.68. The fraction of sp³-hybridized carbons (Fsp3) is 0.792. The summed E-state index contributed by atoms with van der Waals surface area (Å²) in [7, 11) is 0. The van der Waals surface area contributed by atoms with E-state index in [0.717, 1.165) is 32.1 Å². The van der Waals surface area contributed by atoms with Gasteiger partial charge in [-0.3, -0.25) is 9.59 Å². The third kappa shape index (κ3) is 11.3. The number of rotatable bonds is 19. The zero-order chi connectivity index (χ0) is 23.9. The van der Waals surface area contributed by atoms with Gasteiger partial charge in [0.05, 0.1) is 32.1 Å². The van der Waals surface area contributed by atoms with Crippen LogP contribution in [0.3, 0.4) is 0 Å². The maximum Gasteiger partial charge on any atom is 0.312 e. The lowest BCUT2D eigenvalue weighted by Gasteiger charge is -2.44. The van der Waals surface area contributed by atoms with Gasteiger partial charge >= 0.3 is 11.9 Å². The van der Waals surface area contributed by atoms with Gasteiger partial charge in [-0.2, -0.15) is 0 Å². The molecule has 0 spiro atoms. The molecule has 0 saturated carbocycles. The first-order valence-electron chi connectivity index (χ1n) is 11.8. The van der Waals surface area contributed by atoms with Gasteiger partial charge in [-0.05, 0) is 32.1 Å². The third-order valence-electron chi connectivity index (χ3n) is 6.23. The van der Waals surface area contributed by atoms with Crippen LogP contribution in [0.1, 0.15) is 79.1 Å². The second kappa shape index (κ2) is 15.8. The minimum atomic E-state index is -1.16. The normalized spacial score (nSPS) is 16.5. The minimum Gasteiger partial charge on any atom is -0.550 e. The first-order valence-corrected chi connectivity index (χ1v) is 11.8. The number of unbranched alkanes of at least 4 members (excludes halogenated alkanes) is 3. The molecule has 0 amide bonds. The minimum absolute atomic E-state index is 0.185. The molecule has 0 aliphatic heterocycles. The van der Waals surface area contributed by atoms with Crippen LogP contribution in [-0.2, 0) is 14.4 Å². The number of carbonyl (C=O) groups is 3. The molecule has 0 heterocycles. The molecule has 0 rings (SSSR count). The van der Waals surface area contributed by atoms with E-state index in [-0.39, 0.29) is 24.1 Å². The Bertz CT molecular complexity index is 515. The van der Waals surface area contributed by atoms with Crippen LogP contribution in [-0.4, -0.2) is 58.8 Å². The topological polar surface area (TPSA) is 115 Å². The SMILES string of the molecule is CCCC/C=C/CCC[N+](CC(CC)C(=O)[O-])(CC(CC)C(=O)O)CC(CC)C(=O)O. The summed E-state index contributed by atoms with van der Waals surface area (Å²) in [5.74, 6) is -5.03. The number of aliphatic carboxylic acids is 3. The highest BCUT2D eigenvalue weighted by molar-refractivity contribution is 5.70. The van der Waals surface area contributed by atoms with Gasteiger partial charge in [0.2, 0.25) is 0 Å². The monoisotopic (exact) mass is 441 g/mol. The molecule has 0 saturated heterocycles. The number of quaternary nitrogens is 1. The van der Waals surface area contributed by atoms with E-state index in [2.05, 4.69) is 19.1 Å². The summed E-state index contributed by atoms with van der Waals surface area (Å²) in [6.45, 7) is 8.73. The maximum absolute atomic E-state index is 11.8. The van der Waals surface area contributed by atoms with E-state index >= 15 is 0 Å². The van der Waals surface area contributed by atoms with Crippen LogP contribution in [0.2, 0.25) is 0 Å². The van der Waals surface area contributed by atoms with E-state index in [1.54, 1.807) is 20.8 Å². The molecule has 7 nitrogen and oxygen atoms in total. The number of hydrogen-bond donors (Lipinski definition) is 2. The number of hydrogen-bond acceptors (Lipinski definition) is 4. The quantitative estimate of drug-likeness (QED) is 0.180. The molecule has 0 aromatic heterocycles. The highest BCUT2D eigenvalue weighted by Gasteiger charge is 2.39. The molecule has 7 heteroatoms. The lowest BCUT2D eigenvalue weighted by molar-refractivity contribution is -0.935. The van der Waals surface area contributed by atoms with Gasteiger partial charge < -0.3 is 24.6 Å². The van der Waals surface area contributed by atoms with Crippen LogP contribution in [0, 0.1) is 17.8 Å². The van der Waals surface area contributed by atoms with Crippen molar-refractivity contribution in [1.82, 2.24) is 0 Å². The molecule has 0 bridgehead atoms. The van der Waals surface area contributed by atoms with Gasteiger partial charge in [0.1, 0.15) is 11.8 Å². The average molecular weight is 442 g/mol. The summed E-state index contributed by atoms with van der Waals surface area (Å²) in [6.07, 6.45) is 10.3. The molecule has 0 fully saturated rings. The Kier molecular flexibility index (Phi) is 14.9. The van der Waals surface area contributed by atoms with Crippen molar-refractivity contribution in [3.63, 3.8) is 0 Å². The molecule has 0 aliphatic carbocycles. The standard InChI is InChI=1S/C24H43NO6/c1-5-9-10-11-12-13-14-15-25(16-19(6-2)22(26)27,17-20(7-3)23(28)29)18-21(8-4)24(30)31/h11-12,19-21H,5-10,13-18H2,1-4H3,(H2-,26,27,28,29,30,31)/b12-11+. The Hall–Kier alpha value is -1.89. The predicted octanol–water partition coefficient (Wildman–Crippen LogP) is 3.33. The third-order valence-corrected chi connectivity index (χ3v) is 6.23. The van der Waals surface area contributed by atoms with E-state index < -0.39 is 35.7 Å². The average Bonchev–Trinajstić information content (AvgIpc) is 2.72. The highest BCUT2D eigenvalue weighted by atomic mass is 16.4. The molecule has 3 unspecified atom stereocenters. The number of carboxylic acids is 3. The van der Waals surface area contributed by atoms with Crippen molar-refractivity contribution in [2.24, 2.45) is 17.8 Å². The van der Waals surface area contributed by atoms with Crippen LogP contribution in [0.4, 0.5) is 0 Å². The van der Waals surface area contributed by atoms with Gasteiger partial charge in [-0.15, -0.1) is 0 Å². The molecule has 180 valence electrons. The fourth-order valence-electron chi connectivity index (χ4n) is 4.14. The van der Waals surface area contributed by atoms with E-state index in [1.807, 2.05) is 0 Å². The van der Waals surface area contributed by atoms with Crippen molar-refractivity contribution >= 4 is 17.9 Å². The van der Waals surface area contributed by atoms with Crippen molar-refractivity contribution in [3.8, 4) is 0 Å². The number of carbonyl (C=O) groups excluding carboxylic acids is 1. The molecular weight excluding hydrogens is 398 g/mol. The van der Waals surface area contributed by atoms with E-state index in [1.165, 1.54) is 0 Å². The molecule has 0 aromatic rings. The van der Waals surface area contributed by atoms with Gasteiger partial charge in [0, 0.05) is 12.3 Å². The number of carboxylic acid groups (broad SMARTS) is 3. The molecular formula is C24H43NO6. The Labute approximate surface area is 187 Å². The Balaban J connectivity index is 5.82. The first kappa shape index (κ1) is 29.1. The summed E-state index contributed by atoms with van der Waals surface area (Å²) in [4.78, 5) is 35.3. The maximum atomic E-state index is 11.8. The van der Waals surface area contributed by atoms with E-state index in [0.29, 0.717) is 25.8 Å². The Morgan fingerprint density at radius 3 is 1.55 bits per heavy atom. The number of allylic oxidation sites excluding steroid dienone is 2. The van der Waals surface area contributed by atoms with Crippen molar-refractivity contribution < 1.29 is 34.2 Å². The van der Waals surface area contributed by atoms with Crippen molar-refractivity contribution in [1.29, 1.82) is 0 Å². The van der Waals surface area contributed by atoms with Crippen LogP contribution in [0.15, 0.2) is 12.2 Å². The lowest BCUT2D eigenvalue weighted by atomic mass is 9.95. The Morgan fingerprint density at radius 2 is 1.19 bits per heavy atom. The van der Waals surface area contributed by atoms with Crippen molar-refractivity contribution in [3.05, 3.63) is 12.2 Å². The first-order chi connectivity index (χ1) is 14.7. The van der Waals surface area contributed by atoms with Gasteiger partial charge in [0.15, 0.2) is 0 Å². The van der Waals surface area contributed by atoms with Gasteiger partial charge in [0.25, 0.3) is 0 Å².